The third-order valence-electron chi connectivity index (χ3n) is 6.60. The number of halogens is 1. The van der Waals surface area contributed by atoms with E-state index in [1.807, 2.05) is 54.6 Å². The lowest BCUT2D eigenvalue weighted by Gasteiger charge is -2.30. The van der Waals surface area contributed by atoms with Crippen molar-refractivity contribution in [2.24, 2.45) is 0 Å². The number of esters is 1. The summed E-state index contributed by atoms with van der Waals surface area (Å²) in [6.07, 6.45) is 0.00384. The van der Waals surface area contributed by atoms with Crippen LogP contribution in [0.1, 0.15) is 36.6 Å². The maximum Gasteiger partial charge on any atom is 0.414 e. The molecule has 2 unspecified atom stereocenters. The molecule has 1 aliphatic heterocycles. The Morgan fingerprint density at radius 1 is 0.977 bits per heavy atom. The fourth-order valence-electron chi connectivity index (χ4n) is 4.63. The molecule has 0 bridgehead atoms. The van der Waals surface area contributed by atoms with Crippen LogP contribution in [0.15, 0.2) is 77.7 Å². The quantitative estimate of drug-likeness (QED) is 0.215. The van der Waals surface area contributed by atoms with Crippen LogP contribution < -0.4 is 9.64 Å². The molecule has 2 N–H and O–H groups in total. The fraction of sp³-hybridized carbons (Fsp3) is 0.312. The number of amides is 1. The molecule has 1 heterocycles. The number of carboxylic acid groups (broad SMARTS) is 2. The third kappa shape index (κ3) is 9.73. The zero-order valence-electron chi connectivity index (χ0n) is 24.6. The van der Waals surface area contributed by atoms with E-state index in [-0.39, 0.29) is 5.91 Å². The summed E-state index contributed by atoms with van der Waals surface area (Å²) in [6.45, 7) is 6.31. The minimum absolute atomic E-state index is 0.245. The molecule has 44 heavy (non-hydrogen) atoms. The van der Waals surface area contributed by atoms with Gasteiger partial charge in [-0.25, -0.2) is 9.59 Å². The number of thioether (sulfide) groups is 1. The van der Waals surface area contributed by atoms with Gasteiger partial charge in [-0.1, -0.05) is 61.0 Å². The number of hydrogen-bond acceptors (Lipinski definition) is 8. The number of benzene rings is 3. The average molecular weight is 643 g/mol. The van der Waals surface area contributed by atoms with Gasteiger partial charge in [0.05, 0.1) is 18.0 Å². The molecule has 1 amide bonds. The van der Waals surface area contributed by atoms with Crippen molar-refractivity contribution in [1.82, 2.24) is 4.90 Å². The van der Waals surface area contributed by atoms with E-state index in [4.69, 9.17) is 40.9 Å². The first-order chi connectivity index (χ1) is 21.0. The summed E-state index contributed by atoms with van der Waals surface area (Å²) in [5, 5.41) is 14.9. The molecule has 0 spiro atoms. The molecular weight excluding hydrogens is 608 g/mol. The van der Waals surface area contributed by atoms with Crippen molar-refractivity contribution in [2.75, 3.05) is 31.6 Å². The highest BCUT2D eigenvalue weighted by Gasteiger charge is 2.41. The van der Waals surface area contributed by atoms with E-state index in [0.29, 0.717) is 23.9 Å². The number of anilines is 1. The Bertz CT molecular complexity index is 1430. The largest absolute Gasteiger partial charge is 0.497 e. The Morgan fingerprint density at radius 3 is 2.20 bits per heavy atom. The van der Waals surface area contributed by atoms with Gasteiger partial charge in [0, 0.05) is 36.5 Å². The van der Waals surface area contributed by atoms with Crippen molar-refractivity contribution >= 4 is 52.9 Å². The Kier molecular flexibility index (Phi) is 13.1. The number of rotatable bonds is 10. The summed E-state index contributed by atoms with van der Waals surface area (Å²) >= 11 is 7.88. The van der Waals surface area contributed by atoms with Gasteiger partial charge in [0.25, 0.3) is 5.91 Å². The van der Waals surface area contributed by atoms with Crippen LogP contribution in [0.5, 0.6) is 5.75 Å². The van der Waals surface area contributed by atoms with Crippen molar-refractivity contribution in [3.8, 4) is 5.75 Å². The maximum absolute atomic E-state index is 14.1. The highest BCUT2D eigenvalue weighted by molar-refractivity contribution is 7.99. The highest BCUT2D eigenvalue weighted by Crippen LogP contribution is 2.47. The van der Waals surface area contributed by atoms with Crippen molar-refractivity contribution in [3.63, 3.8) is 0 Å². The third-order valence-corrected chi connectivity index (χ3v) is 8.19. The molecule has 3 aromatic rings. The van der Waals surface area contributed by atoms with Crippen molar-refractivity contribution < 1.29 is 38.9 Å². The first-order valence-corrected chi connectivity index (χ1v) is 15.1. The first-order valence-electron chi connectivity index (χ1n) is 13.8. The van der Waals surface area contributed by atoms with Crippen LogP contribution >= 0.6 is 23.4 Å². The van der Waals surface area contributed by atoms with E-state index in [9.17, 15) is 9.59 Å². The molecule has 0 aliphatic carbocycles. The fourth-order valence-corrected chi connectivity index (χ4v) is 6.23. The van der Waals surface area contributed by atoms with Crippen LogP contribution in [0.4, 0.5) is 5.69 Å². The number of methoxy groups -OCH3 is 1. The Hall–Kier alpha value is -4.06. The van der Waals surface area contributed by atoms with Gasteiger partial charge in [0.15, 0.2) is 6.10 Å². The van der Waals surface area contributed by atoms with Crippen LogP contribution in [0.2, 0.25) is 5.02 Å². The molecule has 0 fully saturated rings. The number of carbonyl (C=O) groups is 4. The first kappa shape index (κ1) is 34.4. The number of nitrogens with zero attached hydrogens (tertiary/aromatic N) is 2. The van der Waals surface area contributed by atoms with Gasteiger partial charge < -0.3 is 24.6 Å². The van der Waals surface area contributed by atoms with Crippen LogP contribution in [-0.2, 0) is 30.5 Å². The zero-order valence-corrected chi connectivity index (χ0v) is 26.2. The molecule has 0 saturated heterocycles. The van der Waals surface area contributed by atoms with Gasteiger partial charge in [-0.2, -0.15) is 0 Å². The van der Waals surface area contributed by atoms with Gasteiger partial charge in [0.2, 0.25) is 0 Å². The van der Waals surface area contributed by atoms with Crippen molar-refractivity contribution in [1.29, 1.82) is 0 Å². The van der Waals surface area contributed by atoms with E-state index in [2.05, 4.69) is 24.0 Å². The normalized spacial score (nSPS) is 15.8. The van der Waals surface area contributed by atoms with Crippen molar-refractivity contribution in [2.45, 2.75) is 43.1 Å². The van der Waals surface area contributed by atoms with Gasteiger partial charge in [-0.05, 0) is 54.4 Å². The molecule has 3 aromatic carbocycles. The van der Waals surface area contributed by atoms with E-state index in [1.165, 1.54) is 24.2 Å². The van der Waals surface area contributed by atoms with Crippen LogP contribution in [0, 0.1) is 0 Å². The number of aliphatic carboxylic acids is 2. The second kappa shape index (κ2) is 16.7. The molecule has 12 heteroatoms. The number of carboxylic acids is 2. The molecule has 234 valence electrons. The van der Waals surface area contributed by atoms with Gasteiger partial charge in [-0.15, -0.1) is 11.8 Å². The molecular formula is C32H35ClN2O8S. The number of fused-ring (bicyclic) bond motifs is 1. The summed E-state index contributed by atoms with van der Waals surface area (Å²) in [5.41, 5.74) is 2.86. The lowest BCUT2D eigenvalue weighted by Crippen LogP contribution is -2.45. The van der Waals surface area contributed by atoms with Crippen LogP contribution in [0.3, 0.4) is 0 Å². The lowest BCUT2D eigenvalue weighted by molar-refractivity contribution is -0.159. The summed E-state index contributed by atoms with van der Waals surface area (Å²) in [6, 6.07) is 23.4. The monoisotopic (exact) mass is 642 g/mol. The zero-order chi connectivity index (χ0) is 32.2. The molecule has 0 radical (unpaired) electrons. The topological polar surface area (TPSA) is 134 Å². The minimum atomic E-state index is -1.82. The van der Waals surface area contributed by atoms with E-state index in [1.54, 1.807) is 18.1 Å². The molecule has 10 nitrogen and oxygen atoms in total. The predicted octanol–water partition coefficient (Wildman–Crippen LogP) is 5.53. The molecule has 0 aromatic heterocycles. The lowest BCUT2D eigenvalue weighted by atomic mass is 10.1. The Morgan fingerprint density at radius 2 is 1.64 bits per heavy atom. The second-order valence-corrected chi connectivity index (χ2v) is 11.4. The Labute approximate surface area is 265 Å². The average Bonchev–Trinajstić information content (AvgIpc) is 3.10. The van der Waals surface area contributed by atoms with Gasteiger partial charge >= 0.3 is 17.9 Å². The molecule has 0 saturated carbocycles. The maximum atomic E-state index is 14.1. The number of hydrogen-bond donors (Lipinski definition) is 2. The van der Waals surface area contributed by atoms with Gasteiger partial charge in [0.1, 0.15) is 5.75 Å². The van der Waals surface area contributed by atoms with E-state index >= 15 is 0 Å². The van der Waals surface area contributed by atoms with Crippen LogP contribution in [0.25, 0.3) is 0 Å². The number of ether oxygens (including phenoxy) is 2. The van der Waals surface area contributed by atoms with Gasteiger partial charge in [-0.3, -0.25) is 14.5 Å². The van der Waals surface area contributed by atoms with Crippen LogP contribution in [-0.4, -0.2) is 71.8 Å². The van der Waals surface area contributed by atoms with E-state index < -0.39 is 29.3 Å². The SMILES string of the molecule is CCCN(CCN1C(=O)C(OC(C)=O)C(c2ccc(OC)cc2)Sc2cc(Cl)ccc21)Cc1ccccc1.O=C(O)C(=O)O. The summed E-state index contributed by atoms with van der Waals surface area (Å²) in [5.74, 6) is -3.68. The number of carbonyl (C=O) groups excluding carboxylic acids is 2. The predicted molar refractivity (Wildman–Crippen MR) is 168 cm³/mol. The molecule has 4 rings (SSSR count). The Balaban J connectivity index is 0.000000801. The standard InChI is InChI=1S/C30H33ClN2O4S.C2H2O4/c1-4-16-32(20-22-8-6-5-7-9-22)17-18-33-26-15-12-24(31)19-27(26)38-29(28(30(33)35)37-21(2)34)23-10-13-25(36-3)14-11-23;3-1(4)2(5)6/h5-15,19,28-29H,4,16-18,20H2,1-3H3;(H,3,4)(H,5,6). The summed E-state index contributed by atoms with van der Waals surface area (Å²) in [4.78, 5) is 49.5. The molecule has 1 aliphatic rings. The molecule has 2 atom stereocenters. The highest BCUT2D eigenvalue weighted by atomic mass is 35.5. The summed E-state index contributed by atoms with van der Waals surface area (Å²) in [7, 11) is 1.61. The smallest absolute Gasteiger partial charge is 0.414 e. The second-order valence-electron chi connectivity index (χ2n) is 9.82. The van der Waals surface area contributed by atoms with E-state index in [0.717, 1.165) is 35.7 Å². The minimum Gasteiger partial charge on any atom is -0.497 e. The summed E-state index contributed by atoms with van der Waals surface area (Å²) < 4.78 is 11.0. The van der Waals surface area contributed by atoms with Crippen molar-refractivity contribution in [3.05, 3.63) is 88.9 Å².